The lowest BCUT2D eigenvalue weighted by molar-refractivity contribution is 0.143. The molecule has 2 atom stereocenters. The number of carbonyl (C=O) groups excluding carboxylic acids is 1. The summed E-state index contributed by atoms with van der Waals surface area (Å²) in [6, 6.07) is 9.67. The Morgan fingerprint density at radius 1 is 1.28 bits per heavy atom. The minimum absolute atomic E-state index is 0.0619. The lowest BCUT2D eigenvalue weighted by atomic mass is 10.1. The second-order valence-corrected chi connectivity index (χ2v) is 6.32. The van der Waals surface area contributed by atoms with Crippen LogP contribution in [0.5, 0.6) is 0 Å². The fourth-order valence-electron chi connectivity index (χ4n) is 2.76. The van der Waals surface area contributed by atoms with Crippen molar-refractivity contribution in [2.45, 2.75) is 38.1 Å². The first-order chi connectivity index (χ1) is 12.2. The smallest absolute Gasteiger partial charge is 0.315 e. The van der Waals surface area contributed by atoms with Gasteiger partial charge in [0.05, 0.1) is 5.92 Å². The van der Waals surface area contributed by atoms with E-state index in [4.69, 9.17) is 9.26 Å². The molecular weight excluding hydrogens is 320 g/mol. The van der Waals surface area contributed by atoms with E-state index in [1.165, 1.54) is 0 Å². The van der Waals surface area contributed by atoms with E-state index in [-0.39, 0.29) is 18.0 Å². The number of aromatic nitrogens is 2. The van der Waals surface area contributed by atoms with Crippen LogP contribution in [-0.2, 0) is 4.74 Å². The highest BCUT2D eigenvalue weighted by molar-refractivity contribution is 5.74. The van der Waals surface area contributed by atoms with Crippen molar-refractivity contribution >= 4 is 6.03 Å². The third kappa shape index (κ3) is 5.03. The fraction of sp³-hybridized carbons (Fsp3) is 0.500. The number of amides is 2. The zero-order valence-electron chi connectivity index (χ0n) is 14.4. The molecule has 0 radical (unpaired) electrons. The minimum Gasteiger partial charge on any atom is -0.381 e. The predicted octanol–water partition coefficient (Wildman–Crippen LogP) is 2.71. The summed E-state index contributed by atoms with van der Waals surface area (Å²) >= 11 is 0. The second-order valence-electron chi connectivity index (χ2n) is 6.32. The van der Waals surface area contributed by atoms with Crippen LogP contribution in [0.3, 0.4) is 0 Å². The second kappa shape index (κ2) is 8.62. The predicted molar refractivity (Wildman–Crippen MR) is 93.1 cm³/mol. The maximum absolute atomic E-state index is 12.1. The highest BCUT2D eigenvalue weighted by Crippen LogP contribution is 2.19. The summed E-state index contributed by atoms with van der Waals surface area (Å²) in [7, 11) is 0. The van der Waals surface area contributed by atoms with E-state index in [1.807, 2.05) is 37.3 Å². The number of benzene rings is 1. The fourth-order valence-corrected chi connectivity index (χ4v) is 2.76. The molecule has 7 nitrogen and oxygen atoms in total. The highest BCUT2D eigenvalue weighted by atomic mass is 16.5. The number of hydrogen-bond acceptors (Lipinski definition) is 5. The summed E-state index contributed by atoms with van der Waals surface area (Å²) < 4.78 is 10.7. The van der Waals surface area contributed by atoms with E-state index in [0.29, 0.717) is 24.9 Å². The van der Waals surface area contributed by atoms with Gasteiger partial charge in [-0.2, -0.15) is 4.98 Å². The summed E-state index contributed by atoms with van der Waals surface area (Å²) in [6.45, 7) is 3.86. The third-order valence-corrected chi connectivity index (χ3v) is 4.25. The summed E-state index contributed by atoms with van der Waals surface area (Å²) in [5.41, 5.74) is 0.908. The van der Waals surface area contributed by atoms with E-state index in [2.05, 4.69) is 20.8 Å². The van der Waals surface area contributed by atoms with Crippen LogP contribution >= 0.6 is 0 Å². The van der Waals surface area contributed by atoms with Crippen molar-refractivity contribution in [3.63, 3.8) is 0 Å². The zero-order valence-corrected chi connectivity index (χ0v) is 14.4. The molecule has 1 aromatic carbocycles. The van der Waals surface area contributed by atoms with Crippen molar-refractivity contribution in [2.75, 3.05) is 19.8 Å². The van der Waals surface area contributed by atoms with Gasteiger partial charge in [-0.3, -0.25) is 0 Å². The SMILES string of the molecule is CC(CNC(=O)NC1CCCOCC1)c1nc(-c2ccccc2)no1. The molecule has 2 amide bonds. The Morgan fingerprint density at radius 2 is 2.12 bits per heavy atom. The minimum atomic E-state index is -0.165. The molecule has 1 aromatic heterocycles. The van der Waals surface area contributed by atoms with Crippen LogP contribution < -0.4 is 10.6 Å². The Balaban J connectivity index is 1.48. The molecule has 1 aliphatic rings. The molecule has 25 heavy (non-hydrogen) atoms. The summed E-state index contributed by atoms with van der Waals surface area (Å²) in [4.78, 5) is 16.5. The van der Waals surface area contributed by atoms with E-state index in [0.717, 1.165) is 31.4 Å². The largest absolute Gasteiger partial charge is 0.381 e. The summed E-state index contributed by atoms with van der Waals surface area (Å²) in [5, 5.41) is 9.89. The molecule has 1 saturated heterocycles. The molecule has 2 N–H and O–H groups in total. The Kier molecular flexibility index (Phi) is 6.00. The molecule has 0 spiro atoms. The maximum Gasteiger partial charge on any atom is 0.315 e. The number of nitrogens with one attached hydrogen (secondary N) is 2. The van der Waals surface area contributed by atoms with Crippen LogP contribution in [0.1, 0.15) is 38.0 Å². The normalized spacial score (nSPS) is 19.0. The number of hydrogen-bond donors (Lipinski definition) is 2. The molecule has 0 aliphatic carbocycles. The molecule has 1 fully saturated rings. The molecule has 1 aliphatic heterocycles. The van der Waals surface area contributed by atoms with Crippen molar-refractivity contribution in [1.82, 2.24) is 20.8 Å². The van der Waals surface area contributed by atoms with Gasteiger partial charge in [0.15, 0.2) is 0 Å². The van der Waals surface area contributed by atoms with E-state index in [9.17, 15) is 4.79 Å². The molecule has 2 unspecified atom stereocenters. The lowest BCUT2D eigenvalue weighted by Crippen LogP contribution is -2.43. The van der Waals surface area contributed by atoms with Gasteiger partial charge in [-0.1, -0.05) is 42.4 Å². The van der Waals surface area contributed by atoms with Gasteiger partial charge < -0.3 is 19.9 Å². The molecule has 2 heterocycles. The first-order valence-corrected chi connectivity index (χ1v) is 8.73. The quantitative estimate of drug-likeness (QED) is 0.870. The van der Waals surface area contributed by atoms with Crippen molar-refractivity contribution in [1.29, 1.82) is 0 Å². The van der Waals surface area contributed by atoms with Crippen LogP contribution in [0.15, 0.2) is 34.9 Å². The van der Waals surface area contributed by atoms with Crippen LogP contribution in [-0.4, -0.2) is 42.0 Å². The maximum atomic E-state index is 12.1. The average Bonchev–Trinajstić information content (AvgIpc) is 3.00. The van der Waals surface area contributed by atoms with Gasteiger partial charge in [0, 0.05) is 31.4 Å². The van der Waals surface area contributed by atoms with E-state index < -0.39 is 0 Å². The molecule has 0 saturated carbocycles. The van der Waals surface area contributed by atoms with Gasteiger partial charge in [0.1, 0.15) is 0 Å². The first kappa shape index (κ1) is 17.4. The Bertz CT molecular complexity index is 666. The van der Waals surface area contributed by atoms with Gasteiger partial charge in [0.2, 0.25) is 11.7 Å². The average molecular weight is 344 g/mol. The molecule has 3 rings (SSSR count). The van der Waals surface area contributed by atoms with E-state index >= 15 is 0 Å². The van der Waals surface area contributed by atoms with Crippen LogP contribution in [0.4, 0.5) is 4.79 Å². The molecule has 7 heteroatoms. The van der Waals surface area contributed by atoms with Crippen molar-refractivity contribution < 1.29 is 14.1 Å². The summed E-state index contributed by atoms with van der Waals surface area (Å²) in [5.74, 6) is 1.01. The zero-order chi connectivity index (χ0) is 17.5. The Labute approximate surface area is 147 Å². The van der Waals surface area contributed by atoms with Crippen molar-refractivity contribution in [3.05, 3.63) is 36.2 Å². The van der Waals surface area contributed by atoms with Crippen LogP contribution in [0, 0.1) is 0 Å². The van der Waals surface area contributed by atoms with Gasteiger partial charge >= 0.3 is 6.03 Å². The summed E-state index contributed by atoms with van der Waals surface area (Å²) in [6.07, 6.45) is 2.78. The third-order valence-electron chi connectivity index (χ3n) is 4.25. The van der Waals surface area contributed by atoms with Gasteiger partial charge in [-0.15, -0.1) is 0 Å². The monoisotopic (exact) mass is 344 g/mol. The number of urea groups is 1. The molecule has 2 aromatic rings. The van der Waals surface area contributed by atoms with Crippen LogP contribution in [0.25, 0.3) is 11.4 Å². The highest BCUT2D eigenvalue weighted by Gasteiger charge is 2.18. The van der Waals surface area contributed by atoms with Gasteiger partial charge in [0.25, 0.3) is 0 Å². The van der Waals surface area contributed by atoms with Crippen molar-refractivity contribution in [3.8, 4) is 11.4 Å². The van der Waals surface area contributed by atoms with Gasteiger partial charge in [-0.05, 0) is 19.3 Å². The first-order valence-electron chi connectivity index (χ1n) is 8.73. The topological polar surface area (TPSA) is 89.3 Å². The molecular formula is C18H24N4O3. The Morgan fingerprint density at radius 3 is 2.96 bits per heavy atom. The lowest BCUT2D eigenvalue weighted by Gasteiger charge is -2.17. The van der Waals surface area contributed by atoms with Gasteiger partial charge in [-0.25, -0.2) is 4.79 Å². The Hall–Kier alpha value is -2.41. The molecule has 134 valence electrons. The van der Waals surface area contributed by atoms with Crippen LogP contribution in [0.2, 0.25) is 0 Å². The van der Waals surface area contributed by atoms with Crippen molar-refractivity contribution in [2.24, 2.45) is 0 Å². The number of nitrogens with zero attached hydrogens (tertiary/aromatic N) is 2. The standard InChI is InChI=1S/C18H24N4O3/c1-13(12-19-18(23)20-15-8-5-10-24-11-9-15)17-21-16(22-25-17)14-6-3-2-4-7-14/h2-4,6-7,13,15H,5,8-12H2,1H3,(H2,19,20,23). The number of carbonyl (C=O) groups is 1. The molecule has 0 bridgehead atoms. The van der Waals surface area contributed by atoms with E-state index in [1.54, 1.807) is 0 Å². The number of ether oxygens (including phenoxy) is 1. The number of rotatable bonds is 5.